The van der Waals surface area contributed by atoms with Gasteiger partial charge in [0.15, 0.2) is 5.84 Å². The normalized spacial score (nSPS) is 18.6. The van der Waals surface area contributed by atoms with Gasteiger partial charge in [0, 0.05) is 18.0 Å². The second-order valence-corrected chi connectivity index (χ2v) is 7.22. The molecule has 1 atom stereocenters. The fourth-order valence-electron chi connectivity index (χ4n) is 2.30. The third-order valence-corrected chi connectivity index (χ3v) is 4.13. The topological polar surface area (TPSA) is 100 Å². The highest BCUT2D eigenvalue weighted by molar-refractivity contribution is 7.10. The number of thiophene rings is 1. The molecule has 2 heterocycles. The monoisotopic (exact) mass is 326 g/mol. The predicted octanol–water partition coefficient (Wildman–Crippen LogP) is 1.74. The summed E-state index contributed by atoms with van der Waals surface area (Å²) in [5.74, 6) is 0.151. The van der Waals surface area contributed by atoms with Gasteiger partial charge >= 0.3 is 6.09 Å². The summed E-state index contributed by atoms with van der Waals surface area (Å²) in [5, 5.41) is 16.9. The smallest absolute Gasteiger partial charge is 0.407 e. The largest absolute Gasteiger partial charge is 0.444 e. The van der Waals surface area contributed by atoms with Crippen molar-refractivity contribution >= 4 is 23.3 Å². The second kappa shape index (κ2) is 6.53. The molecular formula is C14H22N4O3S. The van der Waals surface area contributed by atoms with Crippen molar-refractivity contribution in [1.29, 1.82) is 0 Å². The van der Waals surface area contributed by atoms with Gasteiger partial charge in [-0.15, -0.1) is 11.3 Å². The third-order valence-electron chi connectivity index (χ3n) is 3.20. The molecule has 2 rings (SSSR count). The lowest BCUT2D eigenvalue weighted by Gasteiger charge is -2.43. The van der Waals surface area contributed by atoms with E-state index in [1.165, 1.54) is 0 Å². The maximum absolute atomic E-state index is 11.7. The van der Waals surface area contributed by atoms with E-state index in [2.05, 4.69) is 10.5 Å². The third kappa shape index (κ3) is 4.11. The molecule has 0 bridgehead atoms. The Morgan fingerprint density at radius 3 is 2.77 bits per heavy atom. The Hall–Kier alpha value is -1.80. The molecule has 1 fully saturated rings. The van der Waals surface area contributed by atoms with E-state index in [1.54, 1.807) is 11.3 Å². The molecule has 1 amide bonds. The van der Waals surface area contributed by atoms with Crippen LogP contribution in [0.4, 0.5) is 4.79 Å². The number of ether oxygens (including phenoxy) is 1. The van der Waals surface area contributed by atoms with Crippen molar-refractivity contribution < 1.29 is 14.7 Å². The van der Waals surface area contributed by atoms with E-state index in [0.717, 1.165) is 4.88 Å². The van der Waals surface area contributed by atoms with Gasteiger partial charge in [0.2, 0.25) is 0 Å². The molecule has 0 aromatic carbocycles. The number of nitrogens with one attached hydrogen (secondary N) is 1. The van der Waals surface area contributed by atoms with Gasteiger partial charge in [-0.1, -0.05) is 11.2 Å². The molecule has 0 aliphatic carbocycles. The summed E-state index contributed by atoms with van der Waals surface area (Å²) in [6.07, 6.45) is -0.423. The van der Waals surface area contributed by atoms with E-state index in [4.69, 9.17) is 15.7 Å². The van der Waals surface area contributed by atoms with Crippen LogP contribution in [0.1, 0.15) is 31.7 Å². The zero-order valence-electron chi connectivity index (χ0n) is 12.9. The lowest BCUT2D eigenvalue weighted by molar-refractivity contribution is 0.0374. The Bertz CT molecular complexity index is 533. The first-order chi connectivity index (χ1) is 10.3. The average Bonchev–Trinajstić information content (AvgIpc) is 2.87. The van der Waals surface area contributed by atoms with E-state index in [-0.39, 0.29) is 17.9 Å². The van der Waals surface area contributed by atoms with Crippen LogP contribution in [-0.2, 0) is 4.74 Å². The highest BCUT2D eigenvalue weighted by Gasteiger charge is 2.37. The molecule has 1 aromatic heterocycles. The number of hydrogen-bond donors (Lipinski definition) is 3. The summed E-state index contributed by atoms with van der Waals surface area (Å²) < 4.78 is 5.23. The van der Waals surface area contributed by atoms with E-state index in [9.17, 15) is 4.79 Å². The molecule has 0 saturated carbocycles. The van der Waals surface area contributed by atoms with Crippen LogP contribution >= 0.6 is 11.3 Å². The first-order valence-electron chi connectivity index (χ1n) is 7.04. The van der Waals surface area contributed by atoms with Crippen LogP contribution in [0.5, 0.6) is 0 Å². The number of amides is 1. The number of rotatable bonds is 4. The lowest BCUT2D eigenvalue weighted by atomic mass is 10.0. The van der Waals surface area contributed by atoms with Gasteiger partial charge in [-0.3, -0.25) is 4.90 Å². The van der Waals surface area contributed by atoms with E-state index in [0.29, 0.717) is 13.1 Å². The number of oxime groups is 1. The molecule has 8 heteroatoms. The molecule has 1 aliphatic rings. The van der Waals surface area contributed by atoms with Crippen LogP contribution < -0.4 is 11.1 Å². The maximum Gasteiger partial charge on any atom is 0.407 e. The van der Waals surface area contributed by atoms with Crippen LogP contribution in [0.25, 0.3) is 0 Å². The molecule has 122 valence electrons. The molecule has 0 unspecified atom stereocenters. The van der Waals surface area contributed by atoms with E-state index >= 15 is 0 Å². The number of alkyl carbamates (subject to hydrolysis) is 1. The highest BCUT2D eigenvalue weighted by Crippen LogP contribution is 2.29. The molecule has 7 nitrogen and oxygen atoms in total. The van der Waals surface area contributed by atoms with Crippen LogP contribution in [0, 0.1) is 0 Å². The van der Waals surface area contributed by atoms with Crippen LogP contribution in [0.3, 0.4) is 0 Å². The van der Waals surface area contributed by atoms with Gasteiger partial charge in [0.05, 0.1) is 6.04 Å². The van der Waals surface area contributed by atoms with Gasteiger partial charge in [-0.2, -0.15) is 0 Å². The summed E-state index contributed by atoms with van der Waals surface area (Å²) in [7, 11) is 0. The second-order valence-electron chi connectivity index (χ2n) is 6.24. The summed E-state index contributed by atoms with van der Waals surface area (Å²) >= 11 is 1.55. The van der Waals surface area contributed by atoms with Crippen molar-refractivity contribution in [3.05, 3.63) is 22.4 Å². The maximum atomic E-state index is 11.7. The highest BCUT2D eigenvalue weighted by atomic mass is 32.1. The number of carbonyl (C=O) groups excluding carboxylic acids is 1. The van der Waals surface area contributed by atoms with Crippen LogP contribution in [0.15, 0.2) is 22.7 Å². The molecule has 0 spiro atoms. The van der Waals surface area contributed by atoms with Gasteiger partial charge in [0.25, 0.3) is 0 Å². The minimum absolute atomic E-state index is 0.00352. The number of hydrogen-bond acceptors (Lipinski definition) is 6. The van der Waals surface area contributed by atoms with Crippen LogP contribution in [0.2, 0.25) is 0 Å². The van der Waals surface area contributed by atoms with Crippen molar-refractivity contribution in [2.24, 2.45) is 10.9 Å². The fraction of sp³-hybridized carbons (Fsp3) is 0.571. The van der Waals surface area contributed by atoms with Crippen LogP contribution in [-0.4, -0.2) is 46.8 Å². The van der Waals surface area contributed by atoms with E-state index in [1.807, 2.05) is 43.2 Å². The quantitative estimate of drug-likeness (QED) is 0.339. The van der Waals surface area contributed by atoms with Gasteiger partial charge in [-0.05, 0) is 32.2 Å². The number of amidine groups is 1. The van der Waals surface area contributed by atoms with Crippen molar-refractivity contribution in [3.8, 4) is 0 Å². The first kappa shape index (κ1) is 16.6. The lowest BCUT2D eigenvalue weighted by Crippen LogP contribution is -2.61. The summed E-state index contributed by atoms with van der Waals surface area (Å²) in [4.78, 5) is 14.8. The van der Waals surface area contributed by atoms with Crippen molar-refractivity contribution in [2.45, 2.75) is 38.5 Å². The zero-order valence-corrected chi connectivity index (χ0v) is 13.8. The average molecular weight is 326 g/mol. The number of nitrogens with two attached hydrogens (primary N) is 1. The molecular weight excluding hydrogens is 304 g/mol. The van der Waals surface area contributed by atoms with Crippen molar-refractivity contribution in [3.63, 3.8) is 0 Å². The summed E-state index contributed by atoms with van der Waals surface area (Å²) in [5.41, 5.74) is 5.29. The molecule has 1 aromatic rings. The zero-order chi connectivity index (χ0) is 16.3. The number of carbonyl (C=O) groups is 1. The Kier molecular flexibility index (Phi) is 4.92. The van der Waals surface area contributed by atoms with Gasteiger partial charge in [0.1, 0.15) is 11.6 Å². The SMILES string of the molecule is CC(C)(C)OC(=O)NC1CN([C@@H](C(N)=NO)c2cccs2)C1. The molecule has 22 heavy (non-hydrogen) atoms. The first-order valence-corrected chi connectivity index (χ1v) is 7.92. The fourth-order valence-corrected chi connectivity index (χ4v) is 3.17. The minimum Gasteiger partial charge on any atom is -0.444 e. The molecule has 0 radical (unpaired) electrons. The predicted molar refractivity (Wildman–Crippen MR) is 85.2 cm³/mol. The van der Waals surface area contributed by atoms with Crippen molar-refractivity contribution in [2.75, 3.05) is 13.1 Å². The van der Waals surface area contributed by atoms with E-state index < -0.39 is 11.7 Å². The molecule has 4 N–H and O–H groups in total. The summed E-state index contributed by atoms with van der Waals surface area (Å²) in [6, 6.07) is 3.61. The standard InChI is InChI=1S/C14H22N4O3S/c1-14(2,3)21-13(19)16-9-7-18(8-9)11(12(15)17-20)10-5-4-6-22-10/h4-6,9,11,20H,7-8H2,1-3H3,(H2,15,17)(H,16,19)/t11-/m1/s1. The van der Waals surface area contributed by atoms with Crippen molar-refractivity contribution in [1.82, 2.24) is 10.2 Å². The number of likely N-dealkylation sites (tertiary alicyclic amines) is 1. The molecule has 1 saturated heterocycles. The van der Waals surface area contributed by atoms with Gasteiger partial charge in [-0.25, -0.2) is 4.79 Å². The number of nitrogens with zero attached hydrogens (tertiary/aromatic N) is 2. The Morgan fingerprint density at radius 1 is 1.59 bits per heavy atom. The Balaban J connectivity index is 1.90. The summed E-state index contributed by atoms with van der Waals surface area (Å²) in [6.45, 7) is 6.72. The van der Waals surface area contributed by atoms with Gasteiger partial charge < -0.3 is 21.0 Å². The Morgan fingerprint density at radius 2 is 2.27 bits per heavy atom. The molecule has 1 aliphatic heterocycles. The Labute approximate surface area is 133 Å². The minimum atomic E-state index is -0.513.